The van der Waals surface area contributed by atoms with Crippen LogP contribution in [0.2, 0.25) is 5.02 Å². The van der Waals surface area contributed by atoms with Crippen LogP contribution in [0.5, 0.6) is 0 Å². The van der Waals surface area contributed by atoms with E-state index in [9.17, 15) is 9.59 Å². The van der Waals surface area contributed by atoms with Gasteiger partial charge in [-0.25, -0.2) is 4.79 Å². The number of benzene rings is 1. The molecule has 1 aromatic rings. The van der Waals surface area contributed by atoms with Crippen LogP contribution in [0.25, 0.3) is 0 Å². The van der Waals surface area contributed by atoms with Gasteiger partial charge in [0.05, 0.1) is 13.7 Å². The van der Waals surface area contributed by atoms with Crippen molar-refractivity contribution in [3.8, 4) is 0 Å². The maximum Gasteiger partial charge on any atom is 0.333 e. The Kier molecular flexibility index (Phi) is 8.96. The smallest absolute Gasteiger partial charge is 0.333 e. The van der Waals surface area contributed by atoms with Gasteiger partial charge in [-0.3, -0.25) is 4.79 Å². The molecule has 0 fully saturated rings. The van der Waals surface area contributed by atoms with Crippen molar-refractivity contribution in [1.29, 1.82) is 0 Å². The number of nitrogens with one attached hydrogen (secondary N) is 1. The molecular weight excluding hydrogens is 319 g/mol. The highest BCUT2D eigenvalue weighted by Gasteiger charge is 2.25. The zero-order valence-corrected chi connectivity index (χ0v) is 13.2. The highest BCUT2D eigenvalue weighted by atomic mass is 35.5. The van der Waals surface area contributed by atoms with E-state index in [1.807, 2.05) is 0 Å². The predicted molar refractivity (Wildman–Crippen MR) is 81.5 cm³/mol. The average molecular weight is 337 g/mol. The van der Waals surface area contributed by atoms with Crippen molar-refractivity contribution in [2.24, 2.45) is 5.73 Å². The van der Waals surface area contributed by atoms with Gasteiger partial charge in [-0.15, -0.1) is 12.4 Å². The van der Waals surface area contributed by atoms with E-state index in [1.165, 1.54) is 14.2 Å². The van der Waals surface area contributed by atoms with Crippen molar-refractivity contribution in [3.05, 3.63) is 34.9 Å². The molecule has 0 radical (unpaired) electrons. The molecule has 1 aromatic carbocycles. The van der Waals surface area contributed by atoms with Gasteiger partial charge in [0.15, 0.2) is 6.04 Å². The molecule has 0 heterocycles. The Morgan fingerprint density at radius 2 is 1.86 bits per heavy atom. The number of nitrogens with two attached hydrogens (primary N) is 1. The van der Waals surface area contributed by atoms with Gasteiger partial charge in [0.1, 0.15) is 6.04 Å². The molecule has 3 N–H and O–H groups in total. The Bertz CT molecular complexity index is 468. The van der Waals surface area contributed by atoms with Crippen molar-refractivity contribution >= 4 is 35.9 Å². The number of hydrogen-bond acceptors (Lipinski definition) is 5. The van der Waals surface area contributed by atoms with Crippen LogP contribution in [-0.2, 0) is 19.1 Å². The van der Waals surface area contributed by atoms with Gasteiger partial charge in [0.25, 0.3) is 0 Å². The second-order valence-corrected chi connectivity index (χ2v) is 4.51. The first-order chi connectivity index (χ1) is 9.49. The monoisotopic (exact) mass is 336 g/mol. The molecule has 0 bridgehead atoms. The van der Waals surface area contributed by atoms with Gasteiger partial charge in [-0.2, -0.15) is 0 Å². The van der Waals surface area contributed by atoms with Crippen LogP contribution in [0.1, 0.15) is 11.6 Å². The second kappa shape index (κ2) is 9.57. The van der Waals surface area contributed by atoms with Crippen molar-refractivity contribution in [2.45, 2.75) is 12.1 Å². The van der Waals surface area contributed by atoms with E-state index >= 15 is 0 Å². The SMILES string of the molecule is COCC(N)C(=O)NC(C(=O)OC)c1ccc(Cl)cc1.Cl. The third kappa shape index (κ3) is 5.89. The fourth-order valence-corrected chi connectivity index (χ4v) is 1.68. The predicted octanol–water partition coefficient (Wildman–Crippen LogP) is 1.07. The number of hydrogen-bond donors (Lipinski definition) is 2. The molecule has 2 unspecified atom stereocenters. The second-order valence-electron chi connectivity index (χ2n) is 4.08. The Morgan fingerprint density at radius 1 is 1.29 bits per heavy atom. The Hall–Kier alpha value is -1.34. The lowest BCUT2D eigenvalue weighted by atomic mass is 10.1. The van der Waals surface area contributed by atoms with Crippen LogP contribution in [0.15, 0.2) is 24.3 Å². The molecule has 6 nitrogen and oxygen atoms in total. The lowest BCUT2D eigenvalue weighted by Crippen LogP contribution is -2.46. The Balaban J connectivity index is 0.00000400. The molecule has 1 rings (SSSR count). The number of carbonyl (C=O) groups excluding carboxylic acids is 2. The molecule has 0 aliphatic rings. The number of ether oxygens (including phenoxy) is 2. The first-order valence-corrected chi connectivity index (χ1v) is 6.25. The standard InChI is InChI=1S/C13H17ClN2O4.ClH/c1-19-7-10(15)12(17)16-11(13(18)20-2)8-3-5-9(14)6-4-8;/h3-6,10-11H,7,15H2,1-2H3,(H,16,17);1H. The first-order valence-electron chi connectivity index (χ1n) is 5.87. The van der Waals surface area contributed by atoms with Crippen LogP contribution < -0.4 is 11.1 Å². The van der Waals surface area contributed by atoms with E-state index in [-0.39, 0.29) is 19.0 Å². The maximum absolute atomic E-state index is 11.9. The molecule has 0 saturated carbocycles. The zero-order chi connectivity index (χ0) is 15.1. The molecule has 0 aliphatic heterocycles. The van der Waals surface area contributed by atoms with Crippen molar-refractivity contribution in [2.75, 3.05) is 20.8 Å². The van der Waals surface area contributed by atoms with E-state index in [4.69, 9.17) is 22.1 Å². The minimum absolute atomic E-state index is 0. The largest absolute Gasteiger partial charge is 0.467 e. The zero-order valence-electron chi connectivity index (χ0n) is 11.7. The molecule has 0 aromatic heterocycles. The van der Waals surface area contributed by atoms with Crippen LogP contribution in [0.3, 0.4) is 0 Å². The summed E-state index contributed by atoms with van der Waals surface area (Å²) in [6, 6.07) is 4.70. The Morgan fingerprint density at radius 3 is 2.33 bits per heavy atom. The fraction of sp³-hybridized carbons (Fsp3) is 0.385. The minimum Gasteiger partial charge on any atom is -0.467 e. The van der Waals surface area contributed by atoms with Gasteiger partial charge < -0.3 is 20.5 Å². The van der Waals surface area contributed by atoms with E-state index < -0.39 is 24.0 Å². The summed E-state index contributed by atoms with van der Waals surface area (Å²) in [6.07, 6.45) is 0. The number of carbonyl (C=O) groups is 2. The minimum atomic E-state index is -0.937. The molecular formula is C13H18Cl2N2O4. The van der Waals surface area contributed by atoms with Gasteiger partial charge >= 0.3 is 5.97 Å². The van der Waals surface area contributed by atoms with Crippen molar-refractivity contribution in [3.63, 3.8) is 0 Å². The summed E-state index contributed by atoms with van der Waals surface area (Å²) in [4.78, 5) is 23.6. The number of amides is 1. The van der Waals surface area contributed by atoms with E-state index in [1.54, 1.807) is 24.3 Å². The first kappa shape index (κ1) is 19.7. The number of halogens is 2. The summed E-state index contributed by atoms with van der Waals surface area (Å²) < 4.78 is 9.47. The molecule has 118 valence electrons. The summed E-state index contributed by atoms with van der Waals surface area (Å²) >= 11 is 5.79. The maximum atomic E-state index is 11.9. The van der Waals surface area contributed by atoms with Crippen molar-refractivity contribution in [1.82, 2.24) is 5.32 Å². The molecule has 0 saturated heterocycles. The number of rotatable bonds is 6. The molecule has 0 aliphatic carbocycles. The molecule has 2 atom stereocenters. The Labute approximate surface area is 134 Å². The van der Waals surface area contributed by atoms with Crippen LogP contribution in [0.4, 0.5) is 0 Å². The highest BCUT2D eigenvalue weighted by molar-refractivity contribution is 6.30. The van der Waals surface area contributed by atoms with Crippen molar-refractivity contribution < 1.29 is 19.1 Å². The van der Waals surface area contributed by atoms with E-state index in [2.05, 4.69) is 10.1 Å². The molecule has 1 amide bonds. The number of methoxy groups -OCH3 is 2. The van der Waals surface area contributed by atoms with E-state index in [0.717, 1.165) is 0 Å². The molecule has 21 heavy (non-hydrogen) atoms. The van der Waals surface area contributed by atoms with Crippen LogP contribution in [0, 0.1) is 0 Å². The molecule has 8 heteroatoms. The van der Waals surface area contributed by atoms with Crippen LogP contribution in [-0.4, -0.2) is 38.7 Å². The summed E-state index contributed by atoms with van der Waals surface area (Å²) in [5, 5.41) is 3.05. The van der Waals surface area contributed by atoms with Gasteiger partial charge in [0.2, 0.25) is 5.91 Å². The summed E-state index contributed by atoms with van der Waals surface area (Å²) in [6.45, 7) is 0.0559. The topological polar surface area (TPSA) is 90.6 Å². The third-order valence-electron chi connectivity index (χ3n) is 2.61. The summed E-state index contributed by atoms with van der Waals surface area (Å²) in [5.74, 6) is -1.09. The lowest BCUT2D eigenvalue weighted by molar-refractivity contribution is -0.145. The average Bonchev–Trinajstić information content (AvgIpc) is 2.45. The lowest BCUT2D eigenvalue weighted by Gasteiger charge is -2.19. The number of esters is 1. The fourth-order valence-electron chi connectivity index (χ4n) is 1.56. The normalized spacial score (nSPS) is 12.8. The highest BCUT2D eigenvalue weighted by Crippen LogP contribution is 2.18. The van der Waals surface area contributed by atoms with Gasteiger partial charge in [0, 0.05) is 12.1 Å². The molecule has 0 spiro atoms. The summed E-state index contributed by atoms with van der Waals surface area (Å²) in [5.41, 5.74) is 6.16. The third-order valence-corrected chi connectivity index (χ3v) is 2.86. The van der Waals surface area contributed by atoms with Crippen LogP contribution >= 0.6 is 24.0 Å². The van der Waals surface area contributed by atoms with Gasteiger partial charge in [-0.05, 0) is 17.7 Å². The van der Waals surface area contributed by atoms with Gasteiger partial charge in [-0.1, -0.05) is 23.7 Å². The van der Waals surface area contributed by atoms with E-state index in [0.29, 0.717) is 10.6 Å². The quantitative estimate of drug-likeness (QED) is 0.758. The summed E-state index contributed by atoms with van der Waals surface area (Å²) in [7, 11) is 2.68.